The van der Waals surface area contributed by atoms with Crippen molar-refractivity contribution in [1.82, 2.24) is 0 Å². The van der Waals surface area contributed by atoms with Gasteiger partial charge in [-0.15, -0.1) is 0 Å². The molecule has 0 heteroatoms. The molecule has 7 heavy (non-hydrogen) atoms. The second-order valence-electron chi connectivity index (χ2n) is 2.48. The highest BCUT2D eigenvalue weighted by atomic mass is 14.3. The molecule has 0 heterocycles. The maximum Gasteiger partial charge on any atom is -0.0132 e. The monoisotopic (exact) mass is 93.1 g/mol. The zero-order chi connectivity index (χ0) is 4.69. The van der Waals surface area contributed by atoms with Gasteiger partial charge in [-0.2, -0.15) is 0 Å². The first kappa shape index (κ1) is 3.71. The van der Waals surface area contributed by atoms with E-state index in [0.717, 1.165) is 5.92 Å². The van der Waals surface area contributed by atoms with Gasteiger partial charge in [0.2, 0.25) is 0 Å². The van der Waals surface area contributed by atoms with Crippen LogP contribution in [-0.2, 0) is 0 Å². The van der Waals surface area contributed by atoms with Crippen LogP contribution in [0.3, 0.4) is 0 Å². The van der Waals surface area contributed by atoms with E-state index in [1.165, 1.54) is 19.3 Å². The van der Waals surface area contributed by atoms with E-state index in [4.69, 9.17) is 0 Å². The Labute approximate surface area is 44.2 Å². The molecule has 2 rings (SSSR count). The van der Waals surface area contributed by atoms with Gasteiger partial charge in [-0.3, -0.25) is 0 Å². The van der Waals surface area contributed by atoms with Crippen LogP contribution in [0, 0.1) is 12.3 Å². The Hall–Kier alpha value is -0.260. The summed E-state index contributed by atoms with van der Waals surface area (Å²) >= 11 is 0. The van der Waals surface area contributed by atoms with Crippen LogP contribution in [0.4, 0.5) is 0 Å². The lowest BCUT2D eigenvalue weighted by atomic mass is 10.00. The van der Waals surface area contributed by atoms with Crippen molar-refractivity contribution in [3.63, 3.8) is 0 Å². The summed E-state index contributed by atoms with van der Waals surface area (Å²) in [4.78, 5) is 0. The highest BCUT2D eigenvalue weighted by Crippen LogP contribution is 2.37. The lowest BCUT2D eigenvalue weighted by Crippen LogP contribution is -1.91. The zero-order valence-electron chi connectivity index (χ0n) is 4.35. The Bertz CT molecular complexity index is 101. The molecule has 1 unspecified atom stereocenters. The van der Waals surface area contributed by atoms with Crippen LogP contribution in [0.15, 0.2) is 11.6 Å². The van der Waals surface area contributed by atoms with Gasteiger partial charge < -0.3 is 0 Å². The average molecular weight is 93.1 g/mol. The number of rotatable bonds is 0. The molecule has 2 bridgehead atoms. The first-order valence-electron chi connectivity index (χ1n) is 2.99. The van der Waals surface area contributed by atoms with Crippen molar-refractivity contribution in [3.05, 3.63) is 18.1 Å². The molecule has 0 nitrogen and oxygen atoms in total. The van der Waals surface area contributed by atoms with E-state index < -0.39 is 0 Å². The van der Waals surface area contributed by atoms with E-state index in [2.05, 4.69) is 12.5 Å². The van der Waals surface area contributed by atoms with Gasteiger partial charge in [-0.05, 0) is 31.6 Å². The van der Waals surface area contributed by atoms with Crippen LogP contribution >= 0.6 is 0 Å². The minimum atomic E-state index is 0.954. The van der Waals surface area contributed by atoms with Gasteiger partial charge in [-0.25, -0.2) is 0 Å². The number of hydrogen-bond acceptors (Lipinski definition) is 0. The van der Waals surface area contributed by atoms with Crippen LogP contribution in [-0.4, -0.2) is 0 Å². The van der Waals surface area contributed by atoms with E-state index in [-0.39, 0.29) is 0 Å². The molecule has 0 aliphatic heterocycles. The summed E-state index contributed by atoms with van der Waals surface area (Å²) in [6.07, 6.45) is 8.93. The van der Waals surface area contributed by atoms with Crippen LogP contribution in [0.25, 0.3) is 0 Å². The van der Waals surface area contributed by atoms with Crippen LogP contribution < -0.4 is 0 Å². The molecule has 0 aromatic carbocycles. The molecule has 1 radical (unpaired) electrons. The molecule has 0 saturated heterocycles. The van der Waals surface area contributed by atoms with Crippen LogP contribution in [0.5, 0.6) is 0 Å². The van der Waals surface area contributed by atoms with Gasteiger partial charge in [0.05, 0.1) is 0 Å². The summed E-state index contributed by atoms with van der Waals surface area (Å²) in [5.41, 5.74) is 1.62. The molecule has 2 aliphatic rings. The predicted octanol–water partition coefficient (Wildman–Crippen LogP) is 1.93. The molecule has 0 spiro atoms. The molecule has 1 atom stereocenters. The molecule has 0 N–H and O–H groups in total. The fraction of sp³-hybridized carbons (Fsp3) is 0.571. The van der Waals surface area contributed by atoms with E-state index >= 15 is 0 Å². The van der Waals surface area contributed by atoms with E-state index in [1.807, 2.05) is 0 Å². The summed E-state index contributed by atoms with van der Waals surface area (Å²) in [7, 11) is 0. The summed E-state index contributed by atoms with van der Waals surface area (Å²) in [6, 6.07) is 0. The SMILES string of the molecule is [CH]1CC2C=C1CC2. The standard InChI is InChI=1S/C7H9/c1-2-7-4-3-6(1)5-7/h1,5,7H,2-4H2. The van der Waals surface area contributed by atoms with Gasteiger partial charge in [0.1, 0.15) is 0 Å². The van der Waals surface area contributed by atoms with Gasteiger partial charge in [-0.1, -0.05) is 11.6 Å². The van der Waals surface area contributed by atoms with Gasteiger partial charge in [0.15, 0.2) is 0 Å². The smallest absolute Gasteiger partial charge is 0.0132 e. The Morgan fingerprint density at radius 1 is 1.57 bits per heavy atom. The van der Waals surface area contributed by atoms with Crippen molar-refractivity contribution in [2.24, 2.45) is 5.92 Å². The Kier molecular flexibility index (Phi) is 0.592. The molecule has 0 amide bonds. The second-order valence-corrected chi connectivity index (χ2v) is 2.48. The fourth-order valence-corrected chi connectivity index (χ4v) is 1.48. The Balaban J connectivity index is 2.27. The van der Waals surface area contributed by atoms with Crippen molar-refractivity contribution < 1.29 is 0 Å². The highest BCUT2D eigenvalue weighted by Gasteiger charge is 2.21. The first-order valence-corrected chi connectivity index (χ1v) is 2.99. The minimum Gasteiger partial charge on any atom is -0.0819 e. The van der Waals surface area contributed by atoms with Crippen molar-refractivity contribution in [3.8, 4) is 0 Å². The zero-order valence-corrected chi connectivity index (χ0v) is 4.35. The lowest BCUT2D eigenvalue weighted by molar-refractivity contribution is 0.605. The van der Waals surface area contributed by atoms with Crippen molar-refractivity contribution in [2.45, 2.75) is 19.3 Å². The third-order valence-corrected chi connectivity index (χ3v) is 1.94. The summed E-state index contributed by atoms with van der Waals surface area (Å²) in [5.74, 6) is 0.954. The number of allylic oxidation sites excluding steroid dienone is 2. The van der Waals surface area contributed by atoms with Crippen molar-refractivity contribution in [1.29, 1.82) is 0 Å². The van der Waals surface area contributed by atoms with Crippen LogP contribution in [0.1, 0.15) is 19.3 Å². The molecule has 37 valence electrons. The molecule has 0 aromatic heterocycles. The third kappa shape index (κ3) is 0.425. The van der Waals surface area contributed by atoms with Crippen LogP contribution in [0.2, 0.25) is 0 Å². The minimum absolute atomic E-state index is 0.954. The lowest BCUT2D eigenvalue weighted by Gasteiger charge is -2.05. The molecule has 0 fully saturated rings. The molecule has 0 aromatic rings. The summed E-state index contributed by atoms with van der Waals surface area (Å²) in [6.45, 7) is 0. The molecular formula is C7H9. The molecular weight excluding hydrogens is 84.1 g/mol. The van der Waals surface area contributed by atoms with Gasteiger partial charge >= 0.3 is 0 Å². The largest absolute Gasteiger partial charge is 0.0819 e. The van der Waals surface area contributed by atoms with Gasteiger partial charge in [0, 0.05) is 0 Å². The molecule has 0 saturated carbocycles. The quantitative estimate of drug-likeness (QED) is 0.429. The Morgan fingerprint density at radius 3 is 2.71 bits per heavy atom. The number of fused-ring (bicyclic) bond motifs is 1. The van der Waals surface area contributed by atoms with E-state index in [1.54, 1.807) is 5.57 Å². The Morgan fingerprint density at radius 2 is 2.57 bits per heavy atom. The van der Waals surface area contributed by atoms with Crippen molar-refractivity contribution in [2.75, 3.05) is 0 Å². The average Bonchev–Trinajstić information content (AvgIpc) is 2.22. The van der Waals surface area contributed by atoms with E-state index in [9.17, 15) is 0 Å². The third-order valence-electron chi connectivity index (χ3n) is 1.94. The maximum absolute atomic E-state index is 2.42. The first-order chi connectivity index (χ1) is 3.45. The van der Waals surface area contributed by atoms with E-state index in [0.29, 0.717) is 0 Å². The van der Waals surface area contributed by atoms with Gasteiger partial charge in [0.25, 0.3) is 0 Å². The predicted molar refractivity (Wildman–Crippen MR) is 29.7 cm³/mol. The topological polar surface area (TPSA) is 0 Å². The summed E-state index contributed by atoms with van der Waals surface area (Å²) in [5, 5.41) is 0. The summed E-state index contributed by atoms with van der Waals surface area (Å²) < 4.78 is 0. The highest BCUT2D eigenvalue weighted by molar-refractivity contribution is 5.26. The fourth-order valence-electron chi connectivity index (χ4n) is 1.48. The molecule has 2 aliphatic carbocycles. The normalized spacial score (nSPS) is 28.9. The second kappa shape index (κ2) is 1.12. The van der Waals surface area contributed by atoms with Crippen molar-refractivity contribution >= 4 is 0 Å². The maximum atomic E-state index is 2.42. The number of hydrogen-bond donors (Lipinski definition) is 0.